The van der Waals surface area contributed by atoms with E-state index in [0.29, 0.717) is 5.25 Å². The van der Waals surface area contributed by atoms with Crippen LogP contribution in [0.15, 0.2) is 48.8 Å². The molecule has 2 heteroatoms. The van der Waals surface area contributed by atoms with Crippen molar-refractivity contribution in [1.82, 2.24) is 0 Å². The Morgan fingerprint density at radius 2 is 2.06 bits per heavy atom. The van der Waals surface area contributed by atoms with E-state index in [1.165, 1.54) is 11.3 Å². The van der Waals surface area contributed by atoms with Crippen LogP contribution < -0.4 is 0 Å². The second-order valence-corrected chi connectivity index (χ2v) is 5.51. The monoisotopic (exact) mass is 238 g/mol. The van der Waals surface area contributed by atoms with Crippen LogP contribution in [0.25, 0.3) is 0 Å². The van der Waals surface area contributed by atoms with Gasteiger partial charge in [-0.3, -0.25) is 0 Å². The molecule has 0 spiro atoms. The van der Waals surface area contributed by atoms with Crippen molar-refractivity contribution >= 4 is 11.8 Å². The lowest BCUT2D eigenvalue weighted by Gasteiger charge is -2.05. The van der Waals surface area contributed by atoms with Gasteiger partial charge in [-0.25, -0.2) is 0 Å². The van der Waals surface area contributed by atoms with Crippen molar-refractivity contribution in [2.45, 2.75) is 31.9 Å². The molecular weight excluding hydrogens is 216 g/mol. The van der Waals surface area contributed by atoms with E-state index in [9.17, 15) is 0 Å². The van der Waals surface area contributed by atoms with E-state index in [1.807, 2.05) is 23.9 Å². The zero-order valence-electron chi connectivity index (χ0n) is 10.3. The van der Waals surface area contributed by atoms with Gasteiger partial charge in [0, 0.05) is 0 Å². The van der Waals surface area contributed by atoms with E-state index in [2.05, 4.69) is 27.0 Å². The first-order valence-corrected chi connectivity index (χ1v) is 6.60. The number of aliphatic hydroxyl groups excluding tert-OH is 1. The van der Waals surface area contributed by atoms with Crippen molar-refractivity contribution in [2.75, 3.05) is 5.75 Å². The molecule has 0 radical (unpaired) electrons. The molecule has 0 fully saturated rings. The molecule has 0 heterocycles. The minimum atomic E-state index is 0.0894. The lowest BCUT2D eigenvalue weighted by atomic mass is 10.1. The molecule has 0 amide bonds. The molecule has 0 rings (SSSR count). The number of aliphatic hydroxyl groups is 1. The third-order valence-electron chi connectivity index (χ3n) is 1.88. The number of rotatable bonds is 8. The lowest BCUT2D eigenvalue weighted by molar-refractivity contribution is 0.435. The Balaban J connectivity index is 4.01. The summed E-state index contributed by atoms with van der Waals surface area (Å²) < 4.78 is 0. The summed E-state index contributed by atoms with van der Waals surface area (Å²) in [6.07, 6.45) is 9.41. The largest absolute Gasteiger partial charge is 0.509 e. The highest BCUT2D eigenvalue weighted by molar-refractivity contribution is 7.99. The Labute approximate surface area is 104 Å². The predicted molar refractivity (Wildman–Crippen MR) is 76.0 cm³/mol. The van der Waals surface area contributed by atoms with Gasteiger partial charge in [0.1, 0.15) is 5.76 Å². The van der Waals surface area contributed by atoms with Gasteiger partial charge in [0.15, 0.2) is 0 Å². The molecule has 0 aromatic heterocycles. The van der Waals surface area contributed by atoms with Crippen LogP contribution in [0.4, 0.5) is 0 Å². The van der Waals surface area contributed by atoms with Crippen LogP contribution >= 0.6 is 11.8 Å². The minimum absolute atomic E-state index is 0.0894. The summed E-state index contributed by atoms with van der Waals surface area (Å²) in [6.45, 7) is 11.5. The maximum absolute atomic E-state index is 8.98. The number of allylic oxidation sites excluding steroid dienone is 5. The third-order valence-corrected chi connectivity index (χ3v) is 3.07. The van der Waals surface area contributed by atoms with Crippen molar-refractivity contribution < 1.29 is 5.11 Å². The first kappa shape index (κ1) is 15.1. The molecular formula is C14H22OS. The smallest absolute Gasteiger partial charge is 0.108 e. The van der Waals surface area contributed by atoms with Gasteiger partial charge in [0.05, 0.1) is 0 Å². The highest BCUT2D eigenvalue weighted by Gasteiger charge is 1.96. The molecule has 0 bridgehead atoms. The summed E-state index contributed by atoms with van der Waals surface area (Å²) in [6, 6.07) is 0. The molecule has 1 nitrogen and oxygen atoms in total. The zero-order valence-corrected chi connectivity index (χ0v) is 11.1. The van der Waals surface area contributed by atoms with Crippen LogP contribution in [-0.4, -0.2) is 16.1 Å². The summed E-state index contributed by atoms with van der Waals surface area (Å²) >= 11 is 1.97. The highest BCUT2D eigenvalue weighted by Crippen LogP contribution is 2.15. The molecule has 0 aromatic rings. The van der Waals surface area contributed by atoms with E-state index in [-0.39, 0.29) is 5.76 Å². The SMILES string of the molecule is C=C/C=C(\C=C/C(=C)O)CCCSC(C)C. The molecule has 0 aliphatic carbocycles. The number of thioether (sulfide) groups is 1. The van der Waals surface area contributed by atoms with Gasteiger partial charge in [-0.1, -0.05) is 45.2 Å². The molecule has 90 valence electrons. The molecule has 1 N–H and O–H groups in total. The minimum Gasteiger partial charge on any atom is -0.509 e. The van der Waals surface area contributed by atoms with Crippen LogP contribution in [-0.2, 0) is 0 Å². The van der Waals surface area contributed by atoms with E-state index in [4.69, 9.17) is 5.11 Å². The fourth-order valence-corrected chi connectivity index (χ4v) is 1.95. The first-order chi connectivity index (χ1) is 7.56. The maximum Gasteiger partial charge on any atom is 0.108 e. The van der Waals surface area contributed by atoms with Gasteiger partial charge >= 0.3 is 0 Å². The van der Waals surface area contributed by atoms with Crippen LogP contribution in [0.5, 0.6) is 0 Å². The lowest BCUT2D eigenvalue weighted by Crippen LogP contribution is -1.90. The second-order valence-electron chi connectivity index (χ2n) is 3.83. The van der Waals surface area contributed by atoms with Crippen molar-refractivity contribution in [1.29, 1.82) is 0 Å². The predicted octanol–water partition coefficient (Wildman–Crippen LogP) is 4.65. The highest BCUT2D eigenvalue weighted by atomic mass is 32.2. The topological polar surface area (TPSA) is 20.2 Å². The summed E-state index contributed by atoms with van der Waals surface area (Å²) in [4.78, 5) is 0. The van der Waals surface area contributed by atoms with Crippen LogP contribution in [0, 0.1) is 0 Å². The van der Waals surface area contributed by atoms with E-state index >= 15 is 0 Å². The number of hydrogen-bond acceptors (Lipinski definition) is 2. The van der Waals surface area contributed by atoms with Gasteiger partial charge in [-0.2, -0.15) is 11.8 Å². The standard InChI is InChI=1S/C14H22OS/c1-5-7-14(10-9-13(4)15)8-6-11-16-12(2)3/h5,7,9-10,12,15H,1,4,6,8,11H2,2-3H3/b10-9-,14-7-. The average molecular weight is 238 g/mol. The Morgan fingerprint density at radius 1 is 1.38 bits per heavy atom. The summed E-state index contributed by atoms with van der Waals surface area (Å²) in [5.41, 5.74) is 1.18. The maximum atomic E-state index is 8.98. The Kier molecular flexibility index (Phi) is 8.82. The Morgan fingerprint density at radius 3 is 2.56 bits per heavy atom. The van der Waals surface area contributed by atoms with Crippen molar-refractivity contribution in [3.05, 3.63) is 48.8 Å². The summed E-state index contributed by atoms with van der Waals surface area (Å²) in [7, 11) is 0. The van der Waals surface area contributed by atoms with Crippen molar-refractivity contribution in [3.8, 4) is 0 Å². The van der Waals surface area contributed by atoms with Gasteiger partial charge in [0.2, 0.25) is 0 Å². The normalized spacial score (nSPS) is 12.3. The second kappa shape index (κ2) is 9.34. The molecule has 16 heavy (non-hydrogen) atoms. The molecule has 0 saturated carbocycles. The Bertz CT molecular complexity index is 274. The molecule has 0 aliphatic heterocycles. The fraction of sp³-hybridized carbons (Fsp3) is 0.429. The van der Waals surface area contributed by atoms with Crippen molar-refractivity contribution in [2.24, 2.45) is 0 Å². The van der Waals surface area contributed by atoms with Gasteiger partial charge in [0.25, 0.3) is 0 Å². The fourth-order valence-electron chi connectivity index (χ4n) is 1.17. The molecule has 0 atom stereocenters. The first-order valence-electron chi connectivity index (χ1n) is 5.55. The quantitative estimate of drug-likeness (QED) is 0.377. The molecule has 0 aliphatic rings. The van der Waals surface area contributed by atoms with Crippen LogP contribution in [0.2, 0.25) is 0 Å². The zero-order chi connectivity index (χ0) is 12.4. The van der Waals surface area contributed by atoms with Crippen molar-refractivity contribution in [3.63, 3.8) is 0 Å². The summed E-state index contributed by atoms with van der Waals surface area (Å²) in [5.74, 6) is 1.26. The Hall–Kier alpha value is -0.890. The molecule has 0 unspecified atom stereocenters. The van der Waals surface area contributed by atoms with E-state index in [1.54, 1.807) is 12.2 Å². The van der Waals surface area contributed by atoms with Gasteiger partial charge in [-0.05, 0) is 35.5 Å². The van der Waals surface area contributed by atoms with Crippen LogP contribution in [0.3, 0.4) is 0 Å². The average Bonchev–Trinajstić information content (AvgIpc) is 2.20. The number of hydrogen-bond donors (Lipinski definition) is 1. The van der Waals surface area contributed by atoms with Crippen LogP contribution in [0.1, 0.15) is 26.7 Å². The molecule has 0 saturated heterocycles. The van der Waals surface area contributed by atoms with E-state index in [0.717, 1.165) is 12.8 Å². The van der Waals surface area contributed by atoms with Gasteiger partial charge in [-0.15, -0.1) is 0 Å². The molecule has 0 aromatic carbocycles. The van der Waals surface area contributed by atoms with E-state index < -0.39 is 0 Å². The van der Waals surface area contributed by atoms with Gasteiger partial charge < -0.3 is 5.11 Å². The third kappa shape index (κ3) is 9.66. The summed E-state index contributed by atoms with van der Waals surface area (Å²) in [5, 5.41) is 9.67.